The van der Waals surface area contributed by atoms with E-state index in [-0.39, 0.29) is 12.1 Å². The number of nitrogen functional groups attached to an aromatic ring is 1. The number of ether oxygens (including phenoxy) is 1. The fourth-order valence-corrected chi connectivity index (χ4v) is 2.53. The predicted octanol–water partition coefficient (Wildman–Crippen LogP) is 1.50. The van der Waals surface area contributed by atoms with Gasteiger partial charge in [-0.15, -0.1) is 0 Å². The van der Waals surface area contributed by atoms with E-state index in [1.54, 1.807) is 22.8 Å². The van der Waals surface area contributed by atoms with E-state index >= 15 is 0 Å². The SMILES string of the molecule is Cn1ncc(N)c1N(C(=O)OC(C)(C)C)C1CCNCC1. The highest BCUT2D eigenvalue weighted by molar-refractivity contribution is 5.91. The number of hydrogen-bond acceptors (Lipinski definition) is 5. The highest BCUT2D eigenvalue weighted by Gasteiger charge is 2.33. The summed E-state index contributed by atoms with van der Waals surface area (Å²) in [4.78, 5) is 14.3. The Morgan fingerprint density at radius 3 is 2.57 bits per heavy atom. The van der Waals surface area contributed by atoms with Crippen molar-refractivity contribution < 1.29 is 9.53 Å². The maximum absolute atomic E-state index is 12.6. The number of amides is 1. The second-order valence-corrected chi connectivity index (χ2v) is 6.38. The molecule has 0 bridgehead atoms. The van der Waals surface area contributed by atoms with Crippen LogP contribution in [0.15, 0.2) is 6.20 Å². The van der Waals surface area contributed by atoms with Gasteiger partial charge in [-0.1, -0.05) is 0 Å². The van der Waals surface area contributed by atoms with Crippen LogP contribution in [-0.4, -0.2) is 40.6 Å². The predicted molar refractivity (Wildman–Crippen MR) is 82.2 cm³/mol. The number of anilines is 2. The van der Waals surface area contributed by atoms with Crippen molar-refractivity contribution in [2.45, 2.75) is 45.3 Å². The third-order valence-corrected chi connectivity index (χ3v) is 3.43. The van der Waals surface area contributed by atoms with Crippen LogP contribution in [0.2, 0.25) is 0 Å². The minimum Gasteiger partial charge on any atom is -0.443 e. The van der Waals surface area contributed by atoms with E-state index in [0.29, 0.717) is 11.5 Å². The van der Waals surface area contributed by atoms with Crippen molar-refractivity contribution in [3.63, 3.8) is 0 Å². The molecule has 0 aromatic carbocycles. The van der Waals surface area contributed by atoms with Crippen LogP contribution in [0.3, 0.4) is 0 Å². The fourth-order valence-electron chi connectivity index (χ4n) is 2.53. The van der Waals surface area contributed by atoms with Crippen molar-refractivity contribution in [3.05, 3.63) is 6.20 Å². The lowest BCUT2D eigenvalue weighted by Gasteiger charge is -2.35. The van der Waals surface area contributed by atoms with Crippen LogP contribution in [0.25, 0.3) is 0 Å². The molecule has 1 saturated heterocycles. The topological polar surface area (TPSA) is 85.4 Å². The number of aryl methyl sites for hydroxylation is 1. The van der Waals surface area contributed by atoms with Crippen molar-refractivity contribution in [2.75, 3.05) is 23.7 Å². The van der Waals surface area contributed by atoms with Gasteiger partial charge in [0.05, 0.1) is 11.9 Å². The summed E-state index contributed by atoms with van der Waals surface area (Å²) in [5.74, 6) is 0.608. The molecule has 0 saturated carbocycles. The molecule has 0 atom stereocenters. The zero-order valence-electron chi connectivity index (χ0n) is 13.2. The number of nitrogens with zero attached hydrogens (tertiary/aromatic N) is 3. The highest BCUT2D eigenvalue weighted by atomic mass is 16.6. The van der Waals surface area contributed by atoms with Gasteiger partial charge in [0.25, 0.3) is 0 Å². The lowest BCUT2D eigenvalue weighted by Crippen LogP contribution is -2.49. The van der Waals surface area contributed by atoms with E-state index in [1.165, 1.54) is 0 Å². The van der Waals surface area contributed by atoms with Crippen LogP contribution < -0.4 is 16.0 Å². The Morgan fingerprint density at radius 2 is 2.10 bits per heavy atom. The molecule has 1 aromatic rings. The summed E-state index contributed by atoms with van der Waals surface area (Å²) >= 11 is 0. The van der Waals surface area contributed by atoms with Gasteiger partial charge >= 0.3 is 6.09 Å². The molecular weight excluding hydrogens is 270 g/mol. The van der Waals surface area contributed by atoms with Crippen LogP contribution in [0, 0.1) is 0 Å². The van der Waals surface area contributed by atoms with Crippen LogP contribution in [0.5, 0.6) is 0 Å². The number of carbonyl (C=O) groups excluding carboxylic acids is 1. The molecule has 0 unspecified atom stereocenters. The second-order valence-electron chi connectivity index (χ2n) is 6.38. The zero-order chi connectivity index (χ0) is 15.6. The Morgan fingerprint density at radius 1 is 1.48 bits per heavy atom. The Hall–Kier alpha value is -1.76. The van der Waals surface area contributed by atoms with E-state index in [1.807, 2.05) is 20.8 Å². The number of hydrogen-bond donors (Lipinski definition) is 2. The Kier molecular flexibility index (Phi) is 4.41. The van der Waals surface area contributed by atoms with Crippen LogP contribution in [-0.2, 0) is 11.8 Å². The van der Waals surface area contributed by atoms with Crippen molar-refractivity contribution in [3.8, 4) is 0 Å². The molecule has 1 fully saturated rings. The lowest BCUT2D eigenvalue weighted by molar-refractivity contribution is 0.0556. The molecule has 2 heterocycles. The molecule has 1 aromatic heterocycles. The number of piperidine rings is 1. The lowest BCUT2D eigenvalue weighted by atomic mass is 10.1. The summed E-state index contributed by atoms with van der Waals surface area (Å²) < 4.78 is 7.18. The minimum absolute atomic E-state index is 0.0683. The quantitative estimate of drug-likeness (QED) is 0.863. The average molecular weight is 295 g/mol. The number of carbonyl (C=O) groups is 1. The van der Waals surface area contributed by atoms with Crippen LogP contribution >= 0.6 is 0 Å². The van der Waals surface area contributed by atoms with Crippen LogP contribution in [0.1, 0.15) is 33.6 Å². The van der Waals surface area contributed by atoms with Gasteiger partial charge in [0.15, 0.2) is 5.82 Å². The van der Waals surface area contributed by atoms with Gasteiger partial charge in [-0.3, -0.25) is 9.58 Å². The van der Waals surface area contributed by atoms with Crippen molar-refractivity contribution in [2.24, 2.45) is 7.05 Å². The summed E-state index contributed by atoms with van der Waals surface area (Å²) in [6.45, 7) is 7.33. The maximum Gasteiger partial charge on any atom is 0.416 e. The van der Waals surface area contributed by atoms with Gasteiger partial charge in [0, 0.05) is 13.1 Å². The maximum atomic E-state index is 12.6. The van der Waals surface area contributed by atoms with E-state index in [2.05, 4.69) is 10.4 Å². The smallest absolute Gasteiger partial charge is 0.416 e. The summed E-state index contributed by atoms with van der Waals surface area (Å²) in [6, 6.07) is 0.0683. The van der Waals surface area contributed by atoms with Gasteiger partial charge < -0.3 is 15.8 Å². The largest absolute Gasteiger partial charge is 0.443 e. The van der Waals surface area contributed by atoms with E-state index < -0.39 is 5.60 Å². The standard InChI is InChI=1S/C14H25N5O2/c1-14(2,3)21-13(20)19(10-5-7-16-8-6-10)12-11(15)9-17-18(12)4/h9-10,16H,5-8,15H2,1-4H3. The molecular formula is C14H25N5O2. The first-order chi connectivity index (χ1) is 9.79. The molecule has 0 aliphatic carbocycles. The Balaban J connectivity index is 2.32. The monoisotopic (exact) mass is 295 g/mol. The summed E-state index contributed by atoms with van der Waals surface area (Å²) in [5, 5.41) is 7.44. The highest BCUT2D eigenvalue weighted by Crippen LogP contribution is 2.28. The first-order valence-electron chi connectivity index (χ1n) is 7.30. The number of rotatable bonds is 2. The van der Waals surface area contributed by atoms with Crippen molar-refractivity contribution in [1.29, 1.82) is 0 Å². The van der Waals surface area contributed by atoms with E-state index in [9.17, 15) is 4.79 Å². The van der Waals surface area contributed by atoms with Gasteiger partial charge in [-0.25, -0.2) is 4.79 Å². The fraction of sp³-hybridized carbons (Fsp3) is 0.714. The third kappa shape index (κ3) is 3.66. The molecule has 7 heteroatoms. The number of nitrogens with one attached hydrogen (secondary N) is 1. The number of nitrogens with two attached hydrogens (primary N) is 1. The molecule has 1 amide bonds. The third-order valence-electron chi connectivity index (χ3n) is 3.43. The molecule has 118 valence electrons. The van der Waals surface area contributed by atoms with E-state index in [4.69, 9.17) is 10.5 Å². The van der Waals surface area contributed by atoms with Crippen molar-refractivity contribution >= 4 is 17.6 Å². The summed E-state index contributed by atoms with van der Waals surface area (Å²) in [6.07, 6.45) is 2.92. The molecule has 1 aliphatic rings. The molecule has 0 spiro atoms. The average Bonchev–Trinajstić information content (AvgIpc) is 2.70. The van der Waals surface area contributed by atoms with Gasteiger partial charge in [0.1, 0.15) is 5.60 Å². The molecule has 1 aliphatic heterocycles. The normalized spacial score (nSPS) is 16.8. The Labute approximate surface area is 125 Å². The zero-order valence-corrected chi connectivity index (χ0v) is 13.2. The van der Waals surface area contributed by atoms with Gasteiger partial charge in [0.2, 0.25) is 0 Å². The minimum atomic E-state index is -0.546. The summed E-state index contributed by atoms with van der Waals surface area (Å²) in [5.41, 5.74) is 5.94. The summed E-state index contributed by atoms with van der Waals surface area (Å²) in [7, 11) is 1.78. The molecule has 2 rings (SSSR count). The molecule has 21 heavy (non-hydrogen) atoms. The van der Waals surface area contributed by atoms with Gasteiger partial charge in [-0.2, -0.15) is 5.10 Å². The molecule has 3 N–H and O–H groups in total. The Bertz CT molecular complexity index is 480. The van der Waals surface area contributed by atoms with Gasteiger partial charge in [-0.05, 0) is 46.7 Å². The molecule has 0 radical (unpaired) electrons. The first-order valence-corrected chi connectivity index (χ1v) is 7.30. The second kappa shape index (κ2) is 5.93. The van der Waals surface area contributed by atoms with Crippen molar-refractivity contribution in [1.82, 2.24) is 15.1 Å². The molecule has 7 nitrogen and oxygen atoms in total. The van der Waals surface area contributed by atoms with E-state index in [0.717, 1.165) is 25.9 Å². The number of aromatic nitrogens is 2. The first kappa shape index (κ1) is 15.6. The van der Waals surface area contributed by atoms with Crippen LogP contribution in [0.4, 0.5) is 16.3 Å².